The van der Waals surface area contributed by atoms with Crippen LogP contribution >= 0.6 is 24.0 Å². The van der Waals surface area contributed by atoms with Gasteiger partial charge in [0, 0.05) is 32.5 Å². The van der Waals surface area contributed by atoms with E-state index in [2.05, 4.69) is 37.9 Å². The average Bonchev–Trinajstić information content (AvgIpc) is 3.01. The van der Waals surface area contributed by atoms with E-state index in [1.54, 1.807) is 7.05 Å². The van der Waals surface area contributed by atoms with Crippen molar-refractivity contribution in [3.63, 3.8) is 0 Å². The van der Waals surface area contributed by atoms with Crippen LogP contribution in [0.4, 0.5) is 0 Å². The molecular formula is C16H24IN5O. The summed E-state index contributed by atoms with van der Waals surface area (Å²) in [6.07, 6.45) is 0.672. The van der Waals surface area contributed by atoms with E-state index in [1.165, 1.54) is 5.56 Å². The van der Waals surface area contributed by atoms with Gasteiger partial charge in [0.05, 0.1) is 0 Å². The van der Waals surface area contributed by atoms with Gasteiger partial charge in [-0.1, -0.05) is 49.3 Å². The van der Waals surface area contributed by atoms with Crippen LogP contribution < -0.4 is 10.6 Å². The van der Waals surface area contributed by atoms with E-state index in [-0.39, 0.29) is 29.9 Å². The Morgan fingerprint density at radius 2 is 1.96 bits per heavy atom. The van der Waals surface area contributed by atoms with E-state index in [1.807, 2.05) is 32.0 Å². The Balaban J connectivity index is 0.00000264. The van der Waals surface area contributed by atoms with Crippen molar-refractivity contribution >= 4 is 29.9 Å². The van der Waals surface area contributed by atoms with Crippen LogP contribution in [0.25, 0.3) is 0 Å². The third-order valence-corrected chi connectivity index (χ3v) is 3.16. The third-order valence-electron chi connectivity index (χ3n) is 3.16. The fourth-order valence-electron chi connectivity index (χ4n) is 1.89. The van der Waals surface area contributed by atoms with Crippen molar-refractivity contribution in [3.8, 4) is 0 Å². The first-order valence-electron chi connectivity index (χ1n) is 7.50. The first kappa shape index (κ1) is 19.4. The molecule has 1 aromatic heterocycles. The van der Waals surface area contributed by atoms with Gasteiger partial charge in [-0.3, -0.25) is 4.99 Å². The number of nitrogens with one attached hydrogen (secondary N) is 2. The lowest BCUT2D eigenvalue weighted by Crippen LogP contribution is -2.37. The van der Waals surface area contributed by atoms with Crippen LogP contribution in [-0.2, 0) is 13.0 Å². The maximum Gasteiger partial charge on any atom is 0.228 e. The summed E-state index contributed by atoms with van der Waals surface area (Å²) >= 11 is 0. The minimum Gasteiger partial charge on any atom is -0.356 e. The lowest BCUT2D eigenvalue weighted by atomic mass is 10.2. The van der Waals surface area contributed by atoms with Gasteiger partial charge in [0.25, 0.3) is 0 Å². The van der Waals surface area contributed by atoms with Crippen LogP contribution in [-0.4, -0.2) is 29.7 Å². The Labute approximate surface area is 154 Å². The molecule has 0 aliphatic heterocycles. The Morgan fingerprint density at radius 1 is 1.22 bits per heavy atom. The summed E-state index contributed by atoms with van der Waals surface area (Å²) in [4.78, 5) is 8.54. The van der Waals surface area contributed by atoms with Crippen LogP contribution in [0.1, 0.15) is 37.0 Å². The Hall–Kier alpha value is -1.64. The quantitative estimate of drug-likeness (QED) is 0.420. The van der Waals surface area contributed by atoms with Gasteiger partial charge in [-0.05, 0) is 5.56 Å². The molecule has 0 atom stereocenters. The maximum atomic E-state index is 5.21. The molecule has 126 valence electrons. The highest BCUT2D eigenvalue weighted by Gasteiger charge is 2.09. The van der Waals surface area contributed by atoms with Gasteiger partial charge in [0.1, 0.15) is 0 Å². The highest BCUT2D eigenvalue weighted by Crippen LogP contribution is 2.09. The normalized spacial score (nSPS) is 11.2. The van der Waals surface area contributed by atoms with E-state index < -0.39 is 0 Å². The second kappa shape index (κ2) is 10.2. The molecule has 0 aliphatic carbocycles. The van der Waals surface area contributed by atoms with E-state index >= 15 is 0 Å². The topological polar surface area (TPSA) is 75.3 Å². The number of rotatable bonds is 6. The molecule has 0 spiro atoms. The molecule has 0 bridgehead atoms. The molecule has 0 amide bonds. The molecular weight excluding hydrogens is 405 g/mol. The molecule has 0 saturated heterocycles. The van der Waals surface area contributed by atoms with Crippen LogP contribution in [0.3, 0.4) is 0 Å². The number of benzene rings is 1. The number of hydrogen-bond acceptors (Lipinski definition) is 4. The molecule has 1 heterocycles. The zero-order chi connectivity index (χ0) is 15.8. The molecule has 6 nitrogen and oxygen atoms in total. The van der Waals surface area contributed by atoms with E-state index in [0.29, 0.717) is 18.9 Å². The highest BCUT2D eigenvalue weighted by molar-refractivity contribution is 14.0. The third kappa shape index (κ3) is 6.55. The highest BCUT2D eigenvalue weighted by atomic mass is 127. The van der Waals surface area contributed by atoms with Gasteiger partial charge >= 0.3 is 0 Å². The fraction of sp³-hybridized carbons (Fsp3) is 0.438. The molecule has 0 saturated carbocycles. The van der Waals surface area contributed by atoms with Gasteiger partial charge in [-0.15, -0.1) is 24.0 Å². The van der Waals surface area contributed by atoms with Crippen molar-refractivity contribution in [1.29, 1.82) is 0 Å². The van der Waals surface area contributed by atoms with Crippen LogP contribution in [0, 0.1) is 0 Å². The first-order valence-corrected chi connectivity index (χ1v) is 7.50. The second-order valence-electron chi connectivity index (χ2n) is 5.29. The molecule has 0 radical (unpaired) electrons. The van der Waals surface area contributed by atoms with E-state index in [9.17, 15) is 0 Å². The van der Waals surface area contributed by atoms with Crippen molar-refractivity contribution in [3.05, 3.63) is 47.6 Å². The van der Waals surface area contributed by atoms with Crippen LogP contribution in [0.15, 0.2) is 39.8 Å². The predicted molar refractivity (Wildman–Crippen MR) is 102 cm³/mol. The minimum absolute atomic E-state index is 0. The summed E-state index contributed by atoms with van der Waals surface area (Å²) in [5, 5.41) is 10.5. The van der Waals surface area contributed by atoms with Crippen molar-refractivity contribution < 1.29 is 4.52 Å². The van der Waals surface area contributed by atoms with Crippen molar-refractivity contribution in [1.82, 2.24) is 20.8 Å². The molecule has 2 aromatic rings. The largest absolute Gasteiger partial charge is 0.356 e. The summed E-state index contributed by atoms with van der Waals surface area (Å²) in [7, 11) is 1.75. The number of hydrogen-bond donors (Lipinski definition) is 2. The monoisotopic (exact) mass is 429 g/mol. The van der Waals surface area contributed by atoms with Gasteiger partial charge in [0.15, 0.2) is 11.8 Å². The summed E-state index contributed by atoms with van der Waals surface area (Å²) in [5.41, 5.74) is 1.21. The standard InChI is InChI=1S/C16H23N5O.HI/c1-12(2)15-20-14(22-21-15)9-10-18-16(17-3)19-11-13-7-5-4-6-8-13;/h4-8,12H,9-11H2,1-3H3,(H2,17,18,19);1H. The number of halogens is 1. The molecule has 0 unspecified atom stereocenters. The summed E-state index contributed by atoms with van der Waals surface area (Å²) < 4.78 is 5.21. The van der Waals surface area contributed by atoms with Gasteiger partial charge < -0.3 is 15.2 Å². The van der Waals surface area contributed by atoms with Gasteiger partial charge in [-0.2, -0.15) is 4.98 Å². The predicted octanol–water partition coefficient (Wildman–Crippen LogP) is 2.72. The average molecular weight is 429 g/mol. The Morgan fingerprint density at radius 3 is 2.57 bits per heavy atom. The van der Waals surface area contributed by atoms with Crippen molar-refractivity contribution in [2.45, 2.75) is 32.7 Å². The van der Waals surface area contributed by atoms with Crippen molar-refractivity contribution in [2.24, 2.45) is 4.99 Å². The minimum atomic E-state index is 0. The zero-order valence-corrected chi connectivity index (χ0v) is 16.1. The first-order chi connectivity index (χ1) is 10.7. The summed E-state index contributed by atoms with van der Waals surface area (Å²) in [6, 6.07) is 10.2. The van der Waals surface area contributed by atoms with E-state index in [0.717, 1.165) is 18.3 Å². The molecule has 0 aliphatic rings. The number of guanidine groups is 1. The lowest BCUT2D eigenvalue weighted by molar-refractivity contribution is 0.371. The number of aromatic nitrogens is 2. The lowest BCUT2D eigenvalue weighted by Gasteiger charge is -2.11. The number of aliphatic imine (C=N–C) groups is 1. The maximum absolute atomic E-state index is 5.21. The van der Waals surface area contributed by atoms with Crippen LogP contribution in [0.2, 0.25) is 0 Å². The second-order valence-corrected chi connectivity index (χ2v) is 5.29. The van der Waals surface area contributed by atoms with Gasteiger partial charge in [-0.25, -0.2) is 0 Å². The number of nitrogens with zero attached hydrogens (tertiary/aromatic N) is 3. The molecule has 23 heavy (non-hydrogen) atoms. The molecule has 7 heteroatoms. The summed E-state index contributed by atoms with van der Waals surface area (Å²) in [6.45, 7) is 5.51. The van der Waals surface area contributed by atoms with Crippen LogP contribution in [0.5, 0.6) is 0 Å². The molecule has 1 aromatic carbocycles. The van der Waals surface area contributed by atoms with Gasteiger partial charge in [0.2, 0.25) is 5.89 Å². The molecule has 2 N–H and O–H groups in total. The SMILES string of the molecule is CN=C(NCCc1nc(C(C)C)no1)NCc1ccccc1.I. The smallest absolute Gasteiger partial charge is 0.228 e. The summed E-state index contributed by atoms with van der Waals surface area (Å²) in [5.74, 6) is 2.44. The molecule has 0 fully saturated rings. The van der Waals surface area contributed by atoms with Crippen molar-refractivity contribution in [2.75, 3.05) is 13.6 Å². The Kier molecular flexibility index (Phi) is 8.60. The van der Waals surface area contributed by atoms with E-state index in [4.69, 9.17) is 4.52 Å². The Bertz CT molecular complexity index is 598. The fourth-order valence-corrected chi connectivity index (χ4v) is 1.89. The molecule has 2 rings (SSSR count). The zero-order valence-electron chi connectivity index (χ0n) is 13.7.